The summed E-state index contributed by atoms with van der Waals surface area (Å²) in [6.07, 6.45) is 2.27. The molecule has 0 saturated carbocycles. The maximum absolute atomic E-state index is 13.2. The van der Waals surface area contributed by atoms with E-state index in [0.29, 0.717) is 35.1 Å². The fourth-order valence-corrected chi connectivity index (χ4v) is 4.48. The van der Waals surface area contributed by atoms with E-state index in [1.807, 2.05) is 17.5 Å². The molecule has 0 unspecified atom stereocenters. The Bertz CT molecular complexity index is 1580. The molecule has 5 aromatic rings. The van der Waals surface area contributed by atoms with E-state index in [0.717, 1.165) is 6.42 Å². The lowest BCUT2D eigenvalue weighted by molar-refractivity contribution is 0.0945. The van der Waals surface area contributed by atoms with Crippen molar-refractivity contribution in [3.05, 3.63) is 112 Å². The quantitative estimate of drug-likeness (QED) is 0.265. The van der Waals surface area contributed by atoms with Gasteiger partial charge in [-0.2, -0.15) is 0 Å². The number of carbonyl (C=O) groups is 2. The van der Waals surface area contributed by atoms with Crippen LogP contribution in [0.5, 0.6) is 11.5 Å². The normalized spacial score (nSPS) is 10.7. The lowest BCUT2D eigenvalue weighted by atomic mass is 10.2. The number of pyridine rings is 1. The van der Waals surface area contributed by atoms with Crippen molar-refractivity contribution in [1.29, 1.82) is 0 Å². The van der Waals surface area contributed by atoms with E-state index in [-0.39, 0.29) is 23.1 Å². The third kappa shape index (κ3) is 6.16. The molecule has 39 heavy (non-hydrogen) atoms. The minimum absolute atomic E-state index is 0.143. The molecule has 196 valence electrons. The van der Waals surface area contributed by atoms with E-state index in [4.69, 9.17) is 4.74 Å². The van der Waals surface area contributed by atoms with E-state index >= 15 is 0 Å². The number of ether oxygens (including phenoxy) is 1. The molecule has 5 rings (SSSR count). The highest BCUT2D eigenvalue weighted by molar-refractivity contribution is 7.09. The van der Waals surface area contributed by atoms with Crippen molar-refractivity contribution < 1.29 is 18.7 Å². The van der Waals surface area contributed by atoms with Gasteiger partial charge in [-0.25, -0.2) is 14.1 Å². The highest BCUT2D eigenvalue weighted by Gasteiger charge is 2.18. The number of halogens is 1. The number of thiophene rings is 1. The summed E-state index contributed by atoms with van der Waals surface area (Å²) in [6, 6.07) is 19.8. The molecule has 0 spiro atoms. The number of carbonyl (C=O) groups excluding carboxylic acids is 2. The van der Waals surface area contributed by atoms with Gasteiger partial charge >= 0.3 is 0 Å². The summed E-state index contributed by atoms with van der Waals surface area (Å²) >= 11 is 1.64. The SMILES string of the molecule is Cc1c(C(=O)Nc2ccc(Oc3cccnc3C(=O)NCCc3cccs3)cc2)nnn1-c1ccc(F)cc1. The summed E-state index contributed by atoms with van der Waals surface area (Å²) in [5, 5.41) is 15.7. The molecule has 0 radical (unpaired) electrons. The largest absolute Gasteiger partial charge is 0.455 e. The van der Waals surface area contributed by atoms with Gasteiger partial charge in [0.2, 0.25) is 0 Å². The molecule has 2 aromatic carbocycles. The van der Waals surface area contributed by atoms with E-state index in [1.54, 1.807) is 66.8 Å². The van der Waals surface area contributed by atoms with E-state index in [9.17, 15) is 14.0 Å². The Morgan fingerprint density at radius 2 is 1.77 bits per heavy atom. The van der Waals surface area contributed by atoms with Gasteiger partial charge in [-0.05, 0) is 85.5 Å². The van der Waals surface area contributed by atoms with E-state index in [1.165, 1.54) is 27.9 Å². The molecule has 11 heteroatoms. The monoisotopic (exact) mass is 542 g/mol. The Balaban J connectivity index is 1.21. The van der Waals surface area contributed by atoms with Crippen molar-refractivity contribution in [2.24, 2.45) is 0 Å². The second kappa shape index (κ2) is 11.7. The highest BCUT2D eigenvalue weighted by Crippen LogP contribution is 2.26. The molecule has 2 amide bonds. The van der Waals surface area contributed by atoms with Crippen LogP contribution in [0.15, 0.2) is 84.4 Å². The highest BCUT2D eigenvalue weighted by atomic mass is 32.1. The molecule has 0 saturated heterocycles. The van der Waals surface area contributed by atoms with Crippen LogP contribution >= 0.6 is 11.3 Å². The van der Waals surface area contributed by atoms with Crippen LogP contribution in [0.1, 0.15) is 31.5 Å². The van der Waals surface area contributed by atoms with Crippen molar-refractivity contribution in [3.8, 4) is 17.2 Å². The second-order valence-electron chi connectivity index (χ2n) is 8.43. The zero-order valence-corrected chi connectivity index (χ0v) is 21.6. The average Bonchev–Trinajstić information content (AvgIpc) is 3.60. The first-order chi connectivity index (χ1) is 19.0. The van der Waals surface area contributed by atoms with Crippen LogP contribution in [-0.2, 0) is 6.42 Å². The van der Waals surface area contributed by atoms with E-state index < -0.39 is 5.91 Å². The summed E-state index contributed by atoms with van der Waals surface area (Å²) in [5.41, 5.74) is 1.94. The Kier molecular flexibility index (Phi) is 7.69. The van der Waals surface area contributed by atoms with Crippen LogP contribution in [0.2, 0.25) is 0 Å². The molecular weight excluding hydrogens is 519 g/mol. The van der Waals surface area contributed by atoms with Gasteiger partial charge < -0.3 is 15.4 Å². The minimum atomic E-state index is -0.441. The van der Waals surface area contributed by atoms with Crippen molar-refractivity contribution in [3.63, 3.8) is 0 Å². The van der Waals surface area contributed by atoms with Crippen molar-refractivity contribution in [2.75, 3.05) is 11.9 Å². The Morgan fingerprint density at radius 3 is 2.51 bits per heavy atom. The summed E-state index contributed by atoms with van der Waals surface area (Å²) in [4.78, 5) is 30.9. The van der Waals surface area contributed by atoms with Crippen LogP contribution in [0, 0.1) is 12.7 Å². The minimum Gasteiger partial charge on any atom is -0.455 e. The number of hydrogen-bond donors (Lipinski definition) is 2. The molecule has 2 N–H and O–H groups in total. The smallest absolute Gasteiger partial charge is 0.278 e. The molecule has 3 heterocycles. The van der Waals surface area contributed by atoms with Gasteiger partial charge in [0.05, 0.1) is 11.4 Å². The van der Waals surface area contributed by atoms with Gasteiger partial charge in [-0.15, -0.1) is 16.4 Å². The maximum Gasteiger partial charge on any atom is 0.278 e. The van der Waals surface area contributed by atoms with E-state index in [2.05, 4.69) is 25.9 Å². The van der Waals surface area contributed by atoms with Crippen LogP contribution in [-0.4, -0.2) is 38.3 Å². The Labute approximate surface area is 227 Å². The number of nitrogens with one attached hydrogen (secondary N) is 2. The number of nitrogens with zero attached hydrogens (tertiary/aromatic N) is 4. The van der Waals surface area contributed by atoms with Gasteiger partial charge in [-0.1, -0.05) is 11.3 Å². The summed E-state index contributed by atoms with van der Waals surface area (Å²) < 4.78 is 20.6. The van der Waals surface area contributed by atoms with Crippen LogP contribution < -0.4 is 15.4 Å². The molecule has 0 aliphatic rings. The average molecular weight is 543 g/mol. The summed E-state index contributed by atoms with van der Waals surface area (Å²) in [5.74, 6) is -0.351. The molecule has 0 bridgehead atoms. The summed E-state index contributed by atoms with van der Waals surface area (Å²) in [6.45, 7) is 2.19. The number of rotatable bonds is 9. The van der Waals surface area contributed by atoms with Crippen LogP contribution in [0.4, 0.5) is 10.1 Å². The molecule has 0 atom stereocenters. The molecule has 9 nitrogen and oxygen atoms in total. The third-order valence-electron chi connectivity index (χ3n) is 5.74. The zero-order valence-electron chi connectivity index (χ0n) is 20.8. The molecule has 0 aliphatic carbocycles. The lowest BCUT2D eigenvalue weighted by Gasteiger charge is -2.11. The van der Waals surface area contributed by atoms with Crippen molar-refractivity contribution in [2.45, 2.75) is 13.3 Å². The zero-order chi connectivity index (χ0) is 27.2. The standard InChI is InChI=1S/C28H23FN6O3S/c1-18-25(33-34-35(18)21-10-6-19(29)7-11-21)28(37)32-20-8-12-22(13-9-20)38-24-5-2-15-30-26(24)27(36)31-16-14-23-4-3-17-39-23/h2-13,15,17H,14,16H2,1H3,(H,31,36)(H,32,37). The number of aromatic nitrogens is 4. The number of anilines is 1. The molecule has 3 aromatic heterocycles. The molecule has 0 fully saturated rings. The van der Waals surface area contributed by atoms with Gasteiger partial charge in [0.1, 0.15) is 11.6 Å². The number of hydrogen-bond acceptors (Lipinski definition) is 7. The number of benzene rings is 2. The third-order valence-corrected chi connectivity index (χ3v) is 6.68. The summed E-state index contributed by atoms with van der Waals surface area (Å²) in [7, 11) is 0. The van der Waals surface area contributed by atoms with Gasteiger partial charge in [-0.3, -0.25) is 9.59 Å². The van der Waals surface area contributed by atoms with Gasteiger partial charge in [0, 0.05) is 23.3 Å². The second-order valence-corrected chi connectivity index (χ2v) is 9.46. The molecular formula is C28H23FN6O3S. The first-order valence-corrected chi connectivity index (χ1v) is 12.9. The van der Waals surface area contributed by atoms with Gasteiger partial charge in [0.15, 0.2) is 17.1 Å². The van der Waals surface area contributed by atoms with Crippen molar-refractivity contribution in [1.82, 2.24) is 25.3 Å². The Hall–Kier alpha value is -4.90. The van der Waals surface area contributed by atoms with Crippen LogP contribution in [0.25, 0.3) is 5.69 Å². The van der Waals surface area contributed by atoms with Crippen LogP contribution in [0.3, 0.4) is 0 Å². The predicted octanol–water partition coefficient (Wildman–Crippen LogP) is 5.19. The first kappa shape index (κ1) is 25.7. The predicted molar refractivity (Wildman–Crippen MR) is 145 cm³/mol. The number of amides is 2. The Morgan fingerprint density at radius 1 is 0.974 bits per heavy atom. The lowest BCUT2D eigenvalue weighted by Crippen LogP contribution is -2.26. The van der Waals surface area contributed by atoms with Gasteiger partial charge in [0.25, 0.3) is 11.8 Å². The van der Waals surface area contributed by atoms with Crippen molar-refractivity contribution >= 4 is 28.8 Å². The fourth-order valence-electron chi connectivity index (χ4n) is 3.77. The fraction of sp³-hybridized carbons (Fsp3) is 0.107. The first-order valence-electron chi connectivity index (χ1n) is 12.0. The topological polar surface area (TPSA) is 111 Å². The molecule has 0 aliphatic heterocycles. The maximum atomic E-state index is 13.2.